The maximum atomic E-state index is 12.0. The Hall–Kier alpha value is -2.56. The van der Waals surface area contributed by atoms with Gasteiger partial charge in [-0.05, 0) is 44.0 Å². The molecule has 5 nitrogen and oxygen atoms in total. The van der Waals surface area contributed by atoms with Crippen molar-refractivity contribution in [2.45, 2.75) is 27.2 Å². The van der Waals surface area contributed by atoms with Crippen molar-refractivity contribution in [3.8, 4) is 5.75 Å². The maximum absolute atomic E-state index is 12.0. The van der Waals surface area contributed by atoms with Crippen molar-refractivity contribution in [3.63, 3.8) is 0 Å². The number of fused-ring (bicyclic) bond motifs is 1. The lowest BCUT2D eigenvalue weighted by atomic mass is 10.0. The van der Waals surface area contributed by atoms with Crippen LogP contribution in [0, 0.1) is 13.8 Å². The second kappa shape index (κ2) is 6.05. The molecule has 0 radical (unpaired) electrons. The van der Waals surface area contributed by atoms with E-state index in [2.05, 4.69) is 6.58 Å². The zero-order valence-electron chi connectivity index (χ0n) is 12.8. The van der Waals surface area contributed by atoms with Crippen LogP contribution in [-0.4, -0.2) is 12.6 Å². The smallest absolute Gasteiger partial charge is 0.340 e. The second-order valence-corrected chi connectivity index (χ2v) is 5.35. The number of carbonyl (C=O) groups is 1. The zero-order chi connectivity index (χ0) is 16.4. The largest absolute Gasteiger partial charge is 0.550 e. The van der Waals surface area contributed by atoms with E-state index in [1.165, 1.54) is 0 Å². The van der Waals surface area contributed by atoms with Gasteiger partial charge in [-0.15, -0.1) is 0 Å². The van der Waals surface area contributed by atoms with Crippen LogP contribution in [0.1, 0.15) is 23.6 Å². The first-order chi connectivity index (χ1) is 10.3. The first-order valence-corrected chi connectivity index (χ1v) is 6.84. The molecule has 0 unspecified atom stereocenters. The lowest BCUT2D eigenvalue weighted by Crippen LogP contribution is -2.27. The molecule has 0 bridgehead atoms. The number of benzene rings is 1. The number of carboxylic acid groups (broad SMARTS) is 1. The van der Waals surface area contributed by atoms with Crippen LogP contribution in [0.15, 0.2) is 33.5 Å². The molecule has 0 spiro atoms. The fourth-order valence-electron chi connectivity index (χ4n) is 2.28. The van der Waals surface area contributed by atoms with Gasteiger partial charge in [-0.25, -0.2) is 4.79 Å². The number of hydrogen-bond donors (Lipinski definition) is 0. The van der Waals surface area contributed by atoms with E-state index in [4.69, 9.17) is 9.15 Å². The zero-order valence-corrected chi connectivity index (χ0v) is 12.8. The Kier molecular flexibility index (Phi) is 4.35. The molecule has 116 valence electrons. The quantitative estimate of drug-likeness (QED) is 0.620. The van der Waals surface area contributed by atoms with Gasteiger partial charge in [0.1, 0.15) is 17.9 Å². The third-order valence-corrected chi connectivity index (χ3v) is 3.45. The van der Waals surface area contributed by atoms with Crippen LogP contribution in [0.5, 0.6) is 5.75 Å². The van der Waals surface area contributed by atoms with Crippen molar-refractivity contribution >= 4 is 16.9 Å². The van der Waals surface area contributed by atoms with E-state index < -0.39 is 18.0 Å². The Balaban J connectivity index is 2.59. The van der Waals surface area contributed by atoms with Gasteiger partial charge in [0.25, 0.3) is 0 Å². The standard InChI is InChI=1S/C17H18O5/c1-9(2)8-21-14-6-5-12-10(3)13(7-15(18)19)17(20)22-16(12)11(14)4/h5-6H,1,7-8H2,2-4H3,(H,18,19)/p-1. The van der Waals surface area contributed by atoms with Crippen LogP contribution in [0.3, 0.4) is 0 Å². The number of hydrogen-bond acceptors (Lipinski definition) is 5. The summed E-state index contributed by atoms with van der Waals surface area (Å²) in [7, 11) is 0. The first-order valence-electron chi connectivity index (χ1n) is 6.84. The van der Waals surface area contributed by atoms with Gasteiger partial charge in [0.15, 0.2) is 0 Å². The van der Waals surface area contributed by atoms with Gasteiger partial charge in [-0.2, -0.15) is 0 Å². The summed E-state index contributed by atoms with van der Waals surface area (Å²) in [6, 6.07) is 3.53. The Morgan fingerprint density at radius 1 is 1.32 bits per heavy atom. The Bertz CT molecular complexity index is 814. The predicted molar refractivity (Wildman–Crippen MR) is 81.0 cm³/mol. The van der Waals surface area contributed by atoms with Gasteiger partial charge in [-0.3, -0.25) is 0 Å². The minimum atomic E-state index is -1.31. The molecule has 0 aliphatic carbocycles. The number of carboxylic acids is 1. The van der Waals surface area contributed by atoms with E-state index in [1.54, 1.807) is 26.0 Å². The van der Waals surface area contributed by atoms with Crippen molar-refractivity contribution in [2.75, 3.05) is 6.61 Å². The minimum Gasteiger partial charge on any atom is -0.550 e. The topological polar surface area (TPSA) is 79.6 Å². The average Bonchev–Trinajstić information content (AvgIpc) is 2.43. The molecule has 2 rings (SSSR count). The average molecular weight is 301 g/mol. The lowest BCUT2D eigenvalue weighted by molar-refractivity contribution is -0.304. The minimum absolute atomic E-state index is 0.113. The van der Waals surface area contributed by atoms with Gasteiger partial charge in [0, 0.05) is 28.9 Å². The summed E-state index contributed by atoms with van der Waals surface area (Å²) >= 11 is 0. The molecule has 0 aliphatic rings. The summed E-state index contributed by atoms with van der Waals surface area (Å²) in [5, 5.41) is 11.5. The van der Waals surface area contributed by atoms with Gasteiger partial charge in [-0.1, -0.05) is 6.58 Å². The number of rotatable bonds is 5. The highest BCUT2D eigenvalue weighted by molar-refractivity contribution is 5.86. The third-order valence-electron chi connectivity index (χ3n) is 3.45. The molecule has 2 aromatic rings. The molecule has 0 saturated carbocycles. The van der Waals surface area contributed by atoms with Crippen LogP contribution in [0.4, 0.5) is 0 Å². The first kappa shape index (κ1) is 15.8. The highest BCUT2D eigenvalue weighted by Crippen LogP contribution is 2.29. The van der Waals surface area contributed by atoms with Gasteiger partial charge < -0.3 is 19.1 Å². The third kappa shape index (κ3) is 3.03. The predicted octanol–water partition coefficient (Wildman–Crippen LogP) is 1.66. The molecule has 0 amide bonds. The summed E-state index contributed by atoms with van der Waals surface area (Å²) in [5.41, 5.74) is 2.02. The van der Waals surface area contributed by atoms with E-state index in [0.717, 1.165) is 5.57 Å². The van der Waals surface area contributed by atoms with Crippen LogP contribution in [0.2, 0.25) is 0 Å². The molecule has 0 fully saturated rings. The molecule has 1 aromatic carbocycles. The molecular formula is C17H17O5-. The molecule has 1 heterocycles. The van der Waals surface area contributed by atoms with Crippen LogP contribution >= 0.6 is 0 Å². The van der Waals surface area contributed by atoms with E-state index >= 15 is 0 Å². The Morgan fingerprint density at radius 2 is 2.00 bits per heavy atom. The molecule has 0 N–H and O–H groups in total. The van der Waals surface area contributed by atoms with E-state index in [9.17, 15) is 14.7 Å². The fraction of sp³-hybridized carbons (Fsp3) is 0.294. The van der Waals surface area contributed by atoms with Crippen LogP contribution in [0.25, 0.3) is 11.0 Å². The van der Waals surface area contributed by atoms with E-state index in [-0.39, 0.29) is 5.56 Å². The van der Waals surface area contributed by atoms with Gasteiger partial charge in [0.2, 0.25) is 0 Å². The van der Waals surface area contributed by atoms with Gasteiger partial charge >= 0.3 is 5.63 Å². The molecule has 22 heavy (non-hydrogen) atoms. The Morgan fingerprint density at radius 3 is 2.59 bits per heavy atom. The van der Waals surface area contributed by atoms with Crippen molar-refractivity contribution < 1.29 is 19.1 Å². The summed E-state index contributed by atoms with van der Waals surface area (Å²) in [5.74, 6) is -0.710. The normalized spacial score (nSPS) is 10.7. The van der Waals surface area contributed by atoms with Crippen molar-refractivity contribution in [3.05, 3.63) is 51.4 Å². The molecule has 5 heteroatoms. The molecular weight excluding hydrogens is 284 g/mol. The number of aryl methyl sites for hydroxylation is 2. The summed E-state index contributed by atoms with van der Waals surface area (Å²) in [6.07, 6.45) is -0.461. The monoisotopic (exact) mass is 301 g/mol. The van der Waals surface area contributed by atoms with Crippen molar-refractivity contribution in [1.82, 2.24) is 0 Å². The molecule has 0 atom stereocenters. The number of ether oxygens (including phenoxy) is 1. The SMILES string of the molecule is C=C(C)COc1ccc2c(C)c(CC(=O)[O-])c(=O)oc2c1C. The summed E-state index contributed by atoms with van der Waals surface area (Å²) in [4.78, 5) is 22.8. The fourth-order valence-corrected chi connectivity index (χ4v) is 2.28. The van der Waals surface area contributed by atoms with E-state index in [1.807, 2.05) is 6.92 Å². The lowest BCUT2D eigenvalue weighted by Gasteiger charge is -2.13. The second-order valence-electron chi connectivity index (χ2n) is 5.35. The van der Waals surface area contributed by atoms with Crippen LogP contribution < -0.4 is 15.5 Å². The summed E-state index contributed by atoms with van der Waals surface area (Å²) < 4.78 is 10.9. The number of aliphatic carboxylic acids is 1. The highest BCUT2D eigenvalue weighted by Gasteiger charge is 2.15. The maximum Gasteiger partial charge on any atom is 0.340 e. The molecule has 0 saturated heterocycles. The molecule has 1 aromatic heterocycles. The van der Waals surface area contributed by atoms with Crippen LogP contribution in [-0.2, 0) is 11.2 Å². The van der Waals surface area contributed by atoms with Gasteiger partial charge in [0.05, 0.1) is 0 Å². The van der Waals surface area contributed by atoms with Crippen molar-refractivity contribution in [1.29, 1.82) is 0 Å². The molecule has 0 aliphatic heterocycles. The summed E-state index contributed by atoms with van der Waals surface area (Å²) in [6.45, 7) is 9.49. The van der Waals surface area contributed by atoms with E-state index in [0.29, 0.717) is 34.5 Å². The highest BCUT2D eigenvalue weighted by atomic mass is 16.5. The number of carbonyl (C=O) groups excluding carboxylic acids is 1. The van der Waals surface area contributed by atoms with Crippen molar-refractivity contribution in [2.24, 2.45) is 0 Å². The Labute approximate surface area is 127 Å².